The smallest absolute Gasteiger partial charge is 0.303 e. The molecule has 2 aromatic heterocycles. The number of carboxylic acid groups (broad SMARTS) is 1. The molecule has 41 heavy (non-hydrogen) atoms. The van der Waals surface area contributed by atoms with E-state index < -0.39 is 5.97 Å². The van der Waals surface area contributed by atoms with Gasteiger partial charge in [-0.15, -0.1) is 11.3 Å². The minimum atomic E-state index is -0.946. The maximum absolute atomic E-state index is 12.5. The molecule has 1 aromatic carbocycles. The van der Waals surface area contributed by atoms with Crippen LogP contribution in [-0.4, -0.2) is 76.6 Å². The maximum Gasteiger partial charge on any atom is 0.303 e. The van der Waals surface area contributed by atoms with Gasteiger partial charge in [0.25, 0.3) is 0 Å². The first-order valence-electron chi connectivity index (χ1n) is 14.6. The minimum Gasteiger partial charge on any atom is -0.481 e. The fourth-order valence-electron chi connectivity index (χ4n) is 7.07. The predicted octanol–water partition coefficient (Wildman–Crippen LogP) is 4.85. The Morgan fingerprint density at radius 3 is 2.66 bits per heavy atom. The quantitative estimate of drug-likeness (QED) is 0.368. The van der Waals surface area contributed by atoms with Gasteiger partial charge < -0.3 is 25.1 Å². The SMILES string of the molecule is CN(CC1CC[C@H]2C[C@@H]1C2(C)C)c1nc(Nc2ccc3ncsc3c2)cc(N2CCN(C(=O)CCC(=O)O)CC2)n1. The van der Waals surface area contributed by atoms with Crippen molar-refractivity contribution < 1.29 is 14.7 Å². The highest BCUT2D eigenvalue weighted by Crippen LogP contribution is 2.61. The van der Waals surface area contributed by atoms with E-state index in [0.29, 0.717) is 43.5 Å². The van der Waals surface area contributed by atoms with Crippen LogP contribution >= 0.6 is 11.3 Å². The average molecular weight is 578 g/mol. The normalized spacial score (nSPS) is 23.2. The van der Waals surface area contributed by atoms with Gasteiger partial charge in [-0.05, 0) is 60.6 Å². The summed E-state index contributed by atoms with van der Waals surface area (Å²) in [5.74, 6) is 3.46. The zero-order chi connectivity index (χ0) is 28.7. The van der Waals surface area contributed by atoms with Crippen LogP contribution in [0.2, 0.25) is 0 Å². The van der Waals surface area contributed by atoms with E-state index in [0.717, 1.165) is 45.9 Å². The lowest BCUT2D eigenvalue weighted by atomic mass is 9.45. The van der Waals surface area contributed by atoms with E-state index in [4.69, 9.17) is 15.1 Å². The summed E-state index contributed by atoms with van der Waals surface area (Å²) < 4.78 is 1.11. The highest BCUT2D eigenvalue weighted by molar-refractivity contribution is 7.16. The number of aromatic nitrogens is 3. The van der Waals surface area contributed by atoms with Gasteiger partial charge >= 0.3 is 5.97 Å². The summed E-state index contributed by atoms with van der Waals surface area (Å²) >= 11 is 1.61. The number of amides is 1. The van der Waals surface area contributed by atoms with Crippen LogP contribution in [0, 0.1) is 23.2 Å². The number of piperazine rings is 1. The molecule has 1 saturated heterocycles. The number of carbonyl (C=O) groups is 2. The first-order valence-corrected chi connectivity index (χ1v) is 15.5. The second-order valence-corrected chi connectivity index (χ2v) is 13.3. The molecule has 3 atom stereocenters. The summed E-state index contributed by atoms with van der Waals surface area (Å²) in [4.78, 5) is 43.9. The summed E-state index contributed by atoms with van der Waals surface area (Å²) in [6.07, 6.45) is 3.82. The van der Waals surface area contributed by atoms with E-state index in [9.17, 15) is 9.59 Å². The zero-order valence-electron chi connectivity index (χ0n) is 24.0. The molecule has 3 aromatic rings. The van der Waals surface area contributed by atoms with Crippen LogP contribution in [0.5, 0.6) is 0 Å². The molecule has 7 rings (SSSR count). The highest BCUT2D eigenvalue weighted by Gasteiger charge is 2.54. The number of fused-ring (bicyclic) bond motifs is 3. The van der Waals surface area contributed by atoms with Crippen molar-refractivity contribution in [1.82, 2.24) is 19.9 Å². The molecule has 4 aliphatic rings. The minimum absolute atomic E-state index is 0.0374. The Kier molecular flexibility index (Phi) is 7.48. The van der Waals surface area contributed by atoms with E-state index in [1.807, 2.05) is 23.7 Å². The van der Waals surface area contributed by atoms with Crippen molar-refractivity contribution in [3.8, 4) is 0 Å². The monoisotopic (exact) mass is 577 g/mol. The number of nitrogens with zero attached hydrogens (tertiary/aromatic N) is 6. The number of carbonyl (C=O) groups excluding carboxylic acids is 1. The van der Waals surface area contributed by atoms with E-state index in [2.05, 4.69) is 47.1 Å². The van der Waals surface area contributed by atoms with Crippen molar-refractivity contribution in [3.63, 3.8) is 0 Å². The number of thiazole rings is 1. The number of aliphatic carboxylic acids is 1. The summed E-state index contributed by atoms with van der Waals surface area (Å²) in [5.41, 5.74) is 4.21. The van der Waals surface area contributed by atoms with E-state index in [1.54, 1.807) is 16.2 Å². The van der Waals surface area contributed by atoms with Crippen molar-refractivity contribution >= 4 is 56.7 Å². The molecule has 1 aliphatic heterocycles. The molecular formula is C30H39N7O3S. The molecule has 3 aliphatic carbocycles. The number of anilines is 4. The topological polar surface area (TPSA) is 115 Å². The molecule has 1 unspecified atom stereocenters. The summed E-state index contributed by atoms with van der Waals surface area (Å²) in [6, 6.07) is 8.11. The number of nitrogens with one attached hydrogen (secondary N) is 1. The van der Waals surface area contributed by atoms with Crippen LogP contribution in [0.1, 0.15) is 46.0 Å². The Hall–Kier alpha value is -3.47. The number of carboxylic acids is 1. The molecular weight excluding hydrogens is 538 g/mol. The van der Waals surface area contributed by atoms with Crippen LogP contribution in [0.4, 0.5) is 23.3 Å². The third kappa shape index (κ3) is 5.68. The Balaban J connectivity index is 1.21. The third-order valence-electron chi connectivity index (χ3n) is 9.66. The summed E-state index contributed by atoms with van der Waals surface area (Å²) in [5, 5.41) is 12.4. The van der Waals surface area contributed by atoms with Gasteiger partial charge in [0.1, 0.15) is 11.6 Å². The van der Waals surface area contributed by atoms with E-state index in [-0.39, 0.29) is 18.7 Å². The fraction of sp³-hybridized carbons (Fsp3) is 0.567. The van der Waals surface area contributed by atoms with Crippen molar-refractivity contribution in [2.45, 2.75) is 46.0 Å². The van der Waals surface area contributed by atoms with Crippen molar-refractivity contribution in [2.24, 2.45) is 23.2 Å². The van der Waals surface area contributed by atoms with Gasteiger partial charge in [0, 0.05) is 57.9 Å². The van der Waals surface area contributed by atoms with Crippen molar-refractivity contribution in [3.05, 3.63) is 29.8 Å². The third-order valence-corrected chi connectivity index (χ3v) is 10.5. The van der Waals surface area contributed by atoms with Crippen LogP contribution < -0.4 is 15.1 Å². The lowest BCUT2D eigenvalue weighted by Gasteiger charge is -2.60. The maximum atomic E-state index is 12.5. The zero-order valence-corrected chi connectivity index (χ0v) is 24.9. The second-order valence-electron chi connectivity index (χ2n) is 12.4. The van der Waals surface area contributed by atoms with Gasteiger partial charge in [0.15, 0.2) is 0 Å². The Morgan fingerprint density at radius 2 is 1.93 bits per heavy atom. The van der Waals surface area contributed by atoms with Gasteiger partial charge in [-0.3, -0.25) is 9.59 Å². The molecule has 10 nitrogen and oxygen atoms in total. The van der Waals surface area contributed by atoms with Gasteiger partial charge in [0.05, 0.1) is 22.1 Å². The lowest BCUT2D eigenvalue weighted by molar-refractivity contribution is -0.141. The van der Waals surface area contributed by atoms with E-state index >= 15 is 0 Å². The lowest BCUT2D eigenvalue weighted by Crippen LogP contribution is -2.54. The predicted molar refractivity (Wildman–Crippen MR) is 162 cm³/mol. The molecule has 2 bridgehead atoms. The second kappa shape index (κ2) is 11.1. The number of benzene rings is 1. The number of hydrogen-bond donors (Lipinski definition) is 2. The van der Waals surface area contributed by atoms with Gasteiger partial charge in [0.2, 0.25) is 11.9 Å². The molecule has 0 spiro atoms. The van der Waals surface area contributed by atoms with Crippen LogP contribution in [0.15, 0.2) is 29.8 Å². The van der Waals surface area contributed by atoms with E-state index in [1.165, 1.54) is 19.3 Å². The fourth-order valence-corrected chi connectivity index (χ4v) is 7.79. The van der Waals surface area contributed by atoms with Gasteiger partial charge in [-0.1, -0.05) is 13.8 Å². The highest BCUT2D eigenvalue weighted by atomic mass is 32.1. The van der Waals surface area contributed by atoms with Crippen LogP contribution in [0.25, 0.3) is 10.2 Å². The molecule has 4 fully saturated rings. The Labute approximate surface area is 244 Å². The number of rotatable bonds is 9. The first-order chi connectivity index (χ1) is 19.7. The Bertz CT molecular complexity index is 1430. The molecule has 218 valence electrons. The van der Waals surface area contributed by atoms with Crippen LogP contribution in [0.3, 0.4) is 0 Å². The van der Waals surface area contributed by atoms with Gasteiger partial charge in [-0.25, -0.2) is 4.98 Å². The molecule has 3 saturated carbocycles. The van der Waals surface area contributed by atoms with Crippen molar-refractivity contribution in [1.29, 1.82) is 0 Å². The standard InChI is InChI=1S/C30H39N7O3S/c1-30(2)20-5-4-19(22(30)14-20)17-35(3)29-33-25(32-21-6-7-23-24(15-21)41-18-31-23)16-26(34-29)36-10-12-37(13-11-36)27(38)8-9-28(39)40/h6-7,15-16,18-20,22H,4-5,8-14,17H2,1-3H3,(H,39,40)(H,32,33,34)/t19?,20-,22-/m0/s1. The van der Waals surface area contributed by atoms with Crippen LogP contribution in [-0.2, 0) is 9.59 Å². The average Bonchev–Trinajstić information content (AvgIpc) is 3.44. The first kappa shape index (κ1) is 27.7. The molecule has 1 amide bonds. The molecule has 0 radical (unpaired) electrons. The van der Waals surface area contributed by atoms with Gasteiger partial charge in [-0.2, -0.15) is 9.97 Å². The largest absolute Gasteiger partial charge is 0.481 e. The summed E-state index contributed by atoms with van der Waals surface area (Å²) in [6.45, 7) is 8.14. The molecule has 3 heterocycles. The summed E-state index contributed by atoms with van der Waals surface area (Å²) in [7, 11) is 2.10. The molecule has 2 N–H and O–H groups in total. The molecule has 11 heteroatoms. The Morgan fingerprint density at radius 1 is 1.12 bits per heavy atom. The number of hydrogen-bond acceptors (Lipinski definition) is 9. The van der Waals surface area contributed by atoms with Crippen molar-refractivity contribution in [2.75, 3.05) is 54.9 Å².